The molecule has 2 aliphatic carbocycles. The molecule has 82 valence electrons. The molecule has 0 aromatic carbocycles. The number of ether oxygens (including phenoxy) is 1. The first-order valence-corrected chi connectivity index (χ1v) is 5.78. The van der Waals surface area contributed by atoms with Crippen molar-refractivity contribution in [1.82, 2.24) is 5.43 Å². The molecular weight excluding hydrogens is 176 g/mol. The molecule has 0 aromatic heterocycles. The monoisotopic (exact) mass is 198 g/mol. The Morgan fingerprint density at radius 1 is 1.43 bits per heavy atom. The molecule has 0 aromatic rings. The van der Waals surface area contributed by atoms with Crippen LogP contribution in [0.2, 0.25) is 0 Å². The molecular formula is C11H22N2O. The van der Waals surface area contributed by atoms with E-state index in [0.717, 1.165) is 24.4 Å². The van der Waals surface area contributed by atoms with Gasteiger partial charge in [0, 0.05) is 13.2 Å². The fourth-order valence-electron chi connectivity index (χ4n) is 3.42. The summed E-state index contributed by atoms with van der Waals surface area (Å²) >= 11 is 0. The summed E-state index contributed by atoms with van der Waals surface area (Å²) in [5.74, 6) is 8.44. The first-order valence-electron chi connectivity index (χ1n) is 5.78. The Kier molecular flexibility index (Phi) is 3.42. The average Bonchev–Trinajstić information content (AvgIpc) is 2.78. The van der Waals surface area contributed by atoms with Crippen LogP contribution < -0.4 is 11.3 Å². The van der Waals surface area contributed by atoms with Crippen molar-refractivity contribution in [2.24, 2.45) is 23.6 Å². The van der Waals surface area contributed by atoms with Crippen LogP contribution in [0.25, 0.3) is 0 Å². The molecule has 3 N–H and O–H groups in total. The van der Waals surface area contributed by atoms with E-state index in [-0.39, 0.29) is 0 Å². The summed E-state index contributed by atoms with van der Waals surface area (Å²) in [4.78, 5) is 0. The molecule has 0 radical (unpaired) electrons. The maximum absolute atomic E-state index is 5.51. The lowest BCUT2D eigenvalue weighted by Gasteiger charge is -2.25. The van der Waals surface area contributed by atoms with Gasteiger partial charge in [0.25, 0.3) is 0 Å². The van der Waals surface area contributed by atoms with Gasteiger partial charge in [0.1, 0.15) is 0 Å². The largest absolute Gasteiger partial charge is 0.383 e. The van der Waals surface area contributed by atoms with Gasteiger partial charge in [-0.3, -0.25) is 11.3 Å². The smallest absolute Gasteiger partial charge is 0.0629 e. The van der Waals surface area contributed by atoms with E-state index in [2.05, 4.69) is 5.43 Å². The number of rotatable bonds is 5. The third-order valence-electron chi connectivity index (χ3n) is 4.08. The van der Waals surface area contributed by atoms with Gasteiger partial charge in [-0.1, -0.05) is 6.42 Å². The predicted octanol–water partition coefficient (Wildman–Crippen LogP) is 1.29. The number of hydrogen-bond acceptors (Lipinski definition) is 3. The lowest BCUT2D eigenvalue weighted by atomic mass is 9.84. The van der Waals surface area contributed by atoms with E-state index in [4.69, 9.17) is 10.6 Å². The zero-order valence-electron chi connectivity index (χ0n) is 9.04. The van der Waals surface area contributed by atoms with Crippen LogP contribution in [-0.4, -0.2) is 19.8 Å². The second-order valence-corrected chi connectivity index (χ2v) is 4.99. The van der Waals surface area contributed by atoms with Crippen molar-refractivity contribution in [2.75, 3.05) is 13.7 Å². The zero-order valence-corrected chi connectivity index (χ0v) is 9.04. The third-order valence-corrected chi connectivity index (χ3v) is 4.08. The third kappa shape index (κ3) is 2.10. The first-order chi connectivity index (χ1) is 6.83. The first kappa shape index (κ1) is 10.4. The molecule has 0 amide bonds. The number of hydrogen-bond donors (Lipinski definition) is 2. The van der Waals surface area contributed by atoms with E-state index >= 15 is 0 Å². The highest BCUT2D eigenvalue weighted by Gasteiger charge is 2.39. The summed E-state index contributed by atoms with van der Waals surface area (Å²) in [7, 11) is 1.74. The Hall–Kier alpha value is -0.120. The molecule has 3 nitrogen and oxygen atoms in total. The second kappa shape index (κ2) is 4.60. The number of methoxy groups -OCH3 is 1. The summed E-state index contributed by atoms with van der Waals surface area (Å²) in [6.45, 7) is 0.740. The lowest BCUT2D eigenvalue weighted by Crippen LogP contribution is -2.40. The van der Waals surface area contributed by atoms with E-state index in [9.17, 15) is 0 Å². The number of hydrazine groups is 1. The van der Waals surface area contributed by atoms with Gasteiger partial charge in [-0.25, -0.2) is 0 Å². The van der Waals surface area contributed by atoms with Crippen molar-refractivity contribution in [3.63, 3.8) is 0 Å². The highest BCUT2D eigenvalue weighted by molar-refractivity contribution is 4.91. The summed E-state index contributed by atoms with van der Waals surface area (Å²) < 4.78 is 5.14. The molecule has 0 heterocycles. The quantitative estimate of drug-likeness (QED) is 0.517. The highest BCUT2D eigenvalue weighted by atomic mass is 16.5. The van der Waals surface area contributed by atoms with Crippen LogP contribution >= 0.6 is 0 Å². The zero-order chi connectivity index (χ0) is 9.97. The van der Waals surface area contributed by atoms with Gasteiger partial charge in [0.15, 0.2) is 0 Å². The van der Waals surface area contributed by atoms with E-state index in [1.165, 1.54) is 32.1 Å². The number of nitrogens with two attached hydrogens (primary N) is 1. The summed E-state index contributed by atoms with van der Waals surface area (Å²) in [6.07, 6.45) is 7.05. The van der Waals surface area contributed by atoms with Crippen molar-refractivity contribution < 1.29 is 4.74 Å². The maximum atomic E-state index is 5.51. The van der Waals surface area contributed by atoms with Crippen molar-refractivity contribution in [3.05, 3.63) is 0 Å². The molecule has 14 heavy (non-hydrogen) atoms. The van der Waals surface area contributed by atoms with Crippen molar-refractivity contribution in [3.8, 4) is 0 Å². The second-order valence-electron chi connectivity index (χ2n) is 4.99. The van der Waals surface area contributed by atoms with Gasteiger partial charge in [-0.2, -0.15) is 0 Å². The molecule has 2 saturated carbocycles. The van der Waals surface area contributed by atoms with Gasteiger partial charge in [0.05, 0.1) is 6.61 Å². The topological polar surface area (TPSA) is 47.3 Å². The minimum Gasteiger partial charge on any atom is -0.383 e. The molecule has 2 aliphatic rings. The van der Waals surface area contributed by atoms with Crippen molar-refractivity contribution in [2.45, 2.75) is 38.1 Å². The lowest BCUT2D eigenvalue weighted by molar-refractivity contribution is 0.145. The average molecular weight is 198 g/mol. The Morgan fingerprint density at radius 3 is 2.79 bits per heavy atom. The van der Waals surface area contributed by atoms with Gasteiger partial charge >= 0.3 is 0 Å². The molecule has 3 heteroatoms. The minimum absolute atomic E-state index is 0.351. The van der Waals surface area contributed by atoms with Crippen LogP contribution in [0.15, 0.2) is 0 Å². The summed E-state index contributed by atoms with van der Waals surface area (Å²) in [5, 5.41) is 0. The van der Waals surface area contributed by atoms with E-state index < -0.39 is 0 Å². The van der Waals surface area contributed by atoms with Crippen LogP contribution in [-0.2, 0) is 4.74 Å². The van der Waals surface area contributed by atoms with Crippen molar-refractivity contribution in [1.29, 1.82) is 0 Å². The molecule has 4 atom stereocenters. The number of nitrogens with one attached hydrogen (secondary N) is 1. The van der Waals surface area contributed by atoms with Crippen LogP contribution in [0.1, 0.15) is 32.1 Å². The van der Waals surface area contributed by atoms with E-state index in [1.54, 1.807) is 7.11 Å². The minimum atomic E-state index is 0.351. The van der Waals surface area contributed by atoms with Gasteiger partial charge in [0.2, 0.25) is 0 Å². The van der Waals surface area contributed by atoms with Crippen LogP contribution in [0.5, 0.6) is 0 Å². The van der Waals surface area contributed by atoms with Crippen LogP contribution in [0.4, 0.5) is 0 Å². The molecule has 2 fully saturated rings. The normalized spacial score (nSPS) is 37.7. The Bertz CT molecular complexity index is 186. The van der Waals surface area contributed by atoms with Crippen LogP contribution in [0.3, 0.4) is 0 Å². The van der Waals surface area contributed by atoms with E-state index in [0.29, 0.717) is 6.04 Å². The Labute approximate surface area is 86.4 Å². The fourth-order valence-corrected chi connectivity index (χ4v) is 3.42. The van der Waals surface area contributed by atoms with Crippen LogP contribution in [0, 0.1) is 17.8 Å². The van der Waals surface area contributed by atoms with Gasteiger partial charge in [-0.05, 0) is 43.4 Å². The fraction of sp³-hybridized carbons (Fsp3) is 1.00. The molecule has 0 saturated heterocycles. The van der Waals surface area contributed by atoms with Gasteiger partial charge in [-0.15, -0.1) is 0 Å². The molecule has 4 unspecified atom stereocenters. The summed E-state index contributed by atoms with van der Waals surface area (Å²) in [5.41, 5.74) is 2.86. The highest BCUT2D eigenvalue weighted by Crippen LogP contribution is 2.49. The van der Waals surface area contributed by atoms with Gasteiger partial charge < -0.3 is 4.74 Å². The molecule has 0 spiro atoms. The number of fused-ring (bicyclic) bond motifs is 2. The standard InChI is InChI=1S/C11H22N2O/c1-14-7-11(13-12)6-10-5-8-2-3-9(10)4-8/h8-11,13H,2-7,12H2,1H3. The molecule has 0 aliphatic heterocycles. The summed E-state index contributed by atoms with van der Waals surface area (Å²) in [6, 6.07) is 0.351. The predicted molar refractivity (Wildman–Crippen MR) is 56.5 cm³/mol. The SMILES string of the molecule is COCC(CC1CC2CCC1C2)NN. The molecule has 2 bridgehead atoms. The van der Waals surface area contributed by atoms with Crippen molar-refractivity contribution >= 4 is 0 Å². The molecule has 2 rings (SSSR count). The Balaban J connectivity index is 1.79. The van der Waals surface area contributed by atoms with E-state index in [1.807, 2.05) is 0 Å². The Morgan fingerprint density at radius 2 is 2.29 bits per heavy atom. The maximum Gasteiger partial charge on any atom is 0.0629 e.